The number of thioether (sulfide) groups is 1. The van der Waals surface area contributed by atoms with E-state index in [0.717, 1.165) is 48.1 Å². The third kappa shape index (κ3) is 4.58. The lowest BCUT2D eigenvalue weighted by Gasteiger charge is -2.28. The van der Waals surface area contributed by atoms with Gasteiger partial charge in [0.05, 0.1) is 19.5 Å². The number of amides is 1. The molecule has 0 atom stereocenters. The van der Waals surface area contributed by atoms with E-state index in [1.807, 2.05) is 48.5 Å². The molecule has 1 aliphatic heterocycles. The molecule has 144 valence electrons. The third-order valence-electron chi connectivity index (χ3n) is 4.59. The van der Waals surface area contributed by atoms with Crippen molar-refractivity contribution in [1.29, 1.82) is 0 Å². The van der Waals surface area contributed by atoms with Crippen molar-refractivity contribution in [3.05, 3.63) is 78.3 Å². The van der Waals surface area contributed by atoms with E-state index in [9.17, 15) is 4.79 Å². The van der Waals surface area contributed by atoms with E-state index in [1.54, 1.807) is 18.0 Å². The normalized spacial score (nSPS) is 14.1. The summed E-state index contributed by atoms with van der Waals surface area (Å²) in [6.07, 6.45) is 1.57. The fourth-order valence-electron chi connectivity index (χ4n) is 3.09. The first-order chi connectivity index (χ1) is 13.8. The number of morpholine rings is 1. The van der Waals surface area contributed by atoms with Gasteiger partial charge in [0.1, 0.15) is 0 Å². The van der Waals surface area contributed by atoms with Crippen LogP contribution >= 0.6 is 11.8 Å². The van der Waals surface area contributed by atoms with Crippen LogP contribution in [-0.4, -0.2) is 32.2 Å². The first kappa shape index (κ1) is 18.7. The van der Waals surface area contributed by atoms with Crippen LogP contribution in [0.5, 0.6) is 0 Å². The summed E-state index contributed by atoms with van der Waals surface area (Å²) in [6, 6.07) is 19.9. The SMILES string of the molecule is O=C(Nc1ccc(N2CCOCC2)cc1)c1occc1CSc1ccccc1. The number of hydrogen-bond acceptors (Lipinski definition) is 5. The lowest BCUT2D eigenvalue weighted by molar-refractivity contribution is 0.0996. The van der Waals surface area contributed by atoms with Gasteiger partial charge in [0, 0.05) is 40.7 Å². The zero-order valence-corrected chi connectivity index (χ0v) is 16.3. The molecule has 1 aliphatic rings. The molecule has 0 aliphatic carbocycles. The summed E-state index contributed by atoms with van der Waals surface area (Å²) in [5, 5.41) is 2.93. The maximum atomic E-state index is 12.7. The number of anilines is 2. The molecule has 0 bridgehead atoms. The van der Waals surface area contributed by atoms with Gasteiger partial charge in [-0.1, -0.05) is 18.2 Å². The van der Waals surface area contributed by atoms with Gasteiger partial charge in [-0.2, -0.15) is 0 Å². The predicted octanol–water partition coefficient (Wildman–Crippen LogP) is 4.66. The number of ether oxygens (including phenoxy) is 1. The Balaban J connectivity index is 1.38. The Kier molecular flexibility index (Phi) is 5.99. The van der Waals surface area contributed by atoms with Gasteiger partial charge in [-0.15, -0.1) is 11.8 Å². The fraction of sp³-hybridized carbons (Fsp3) is 0.227. The van der Waals surface area contributed by atoms with Crippen molar-refractivity contribution in [3.8, 4) is 0 Å². The lowest BCUT2D eigenvalue weighted by atomic mass is 10.2. The van der Waals surface area contributed by atoms with Crippen LogP contribution in [0.25, 0.3) is 0 Å². The molecule has 1 aromatic heterocycles. The topological polar surface area (TPSA) is 54.7 Å². The first-order valence-corrected chi connectivity index (χ1v) is 10.3. The maximum Gasteiger partial charge on any atom is 0.291 e. The minimum Gasteiger partial charge on any atom is -0.459 e. The summed E-state index contributed by atoms with van der Waals surface area (Å²) >= 11 is 1.68. The van der Waals surface area contributed by atoms with E-state index in [0.29, 0.717) is 11.5 Å². The smallest absolute Gasteiger partial charge is 0.291 e. The van der Waals surface area contributed by atoms with E-state index in [-0.39, 0.29) is 5.91 Å². The average Bonchev–Trinajstić information content (AvgIpc) is 3.23. The summed E-state index contributed by atoms with van der Waals surface area (Å²) in [6.45, 7) is 3.28. The second-order valence-corrected chi connectivity index (χ2v) is 7.53. The molecule has 5 nitrogen and oxygen atoms in total. The van der Waals surface area contributed by atoms with Crippen LogP contribution in [0.2, 0.25) is 0 Å². The molecule has 6 heteroatoms. The number of carbonyl (C=O) groups excluding carboxylic acids is 1. The van der Waals surface area contributed by atoms with Crippen LogP contribution in [0.1, 0.15) is 16.1 Å². The van der Waals surface area contributed by atoms with Gasteiger partial charge in [-0.25, -0.2) is 0 Å². The summed E-state index contributed by atoms with van der Waals surface area (Å²) < 4.78 is 10.8. The minimum atomic E-state index is -0.229. The van der Waals surface area contributed by atoms with Gasteiger partial charge in [0.25, 0.3) is 5.91 Å². The molecular weight excluding hydrogens is 372 g/mol. The largest absolute Gasteiger partial charge is 0.459 e. The summed E-state index contributed by atoms with van der Waals surface area (Å²) in [5.41, 5.74) is 2.77. The van der Waals surface area contributed by atoms with Crippen molar-refractivity contribution < 1.29 is 13.9 Å². The molecule has 4 rings (SSSR count). The lowest BCUT2D eigenvalue weighted by Crippen LogP contribution is -2.36. The number of rotatable bonds is 6. The summed E-state index contributed by atoms with van der Waals surface area (Å²) in [5.74, 6) is 0.813. The first-order valence-electron chi connectivity index (χ1n) is 9.28. The molecule has 0 radical (unpaired) electrons. The fourth-order valence-corrected chi connectivity index (χ4v) is 3.99. The molecule has 1 fully saturated rings. The van der Waals surface area contributed by atoms with E-state index >= 15 is 0 Å². The minimum absolute atomic E-state index is 0.229. The van der Waals surface area contributed by atoms with E-state index in [2.05, 4.69) is 22.3 Å². The third-order valence-corrected chi connectivity index (χ3v) is 5.65. The number of nitrogens with one attached hydrogen (secondary N) is 1. The molecule has 3 aromatic rings. The quantitative estimate of drug-likeness (QED) is 0.616. The molecule has 0 spiro atoms. The number of benzene rings is 2. The number of hydrogen-bond donors (Lipinski definition) is 1. The van der Waals surface area contributed by atoms with E-state index in [4.69, 9.17) is 9.15 Å². The van der Waals surface area contributed by atoms with Crippen molar-refractivity contribution >= 4 is 29.0 Å². The Morgan fingerprint density at radius 3 is 2.50 bits per heavy atom. The highest BCUT2D eigenvalue weighted by molar-refractivity contribution is 7.98. The van der Waals surface area contributed by atoms with Crippen LogP contribution in [0.15, 0.2) is 76.2 Å². The second-order valence-electron chi connectivity index (χ2n) is 6.48. The summed E-state index contributed by atoms with van der Waals surface area (Å²) in [4.78, 5) is 16.1. The van der Waals surface area contributed by atoms with E-state index < -0.39 is 0 Å². The van der Waals surface area contributed by atoms with Crippen LogP contribution in [0, 0.1) is 0 Å². The number of nitrogens with zero attached hydrogens (tertiary/aromatic N) is 1. The Morgan fingerprint density at radius 2 is 1.75 bits per heavy atom. The molecular formula is C22H22N2O3S. The standard InChI is InChI=1S/C22H22N2O3S/c25-22(21-17(10-13-27-21)16-28-20-4-2-1-3-5-20)23-18-6-8-19(9-7-18)24-11-14-26-15-12-24/h1-10,13H,11-12,14-16H2,(H,23,25). The zero-order chi connectivity index (χ0) is 19.2. The number of furan rings is 1. The van der Waals surface area contributed by atoms with Crippen LogP contribution in [-0.2, 0) is 10.5 Å². The summed E-state index contributed by atoms with van der Waals surface area (Å²) in [7, 11) is 0. The van der Waals surface area contributed by atoms with Gasteiger partial charge in [0.2, 0.25) is 0 Å². The predicted molar refractivity (Wildman–Crippen MR) is 112 cm³/mol. The van der Waals surface area contributed by atoms with Gasteiger partial charge in [-0.3, -0.25) is 4.79 Å². The molecule has 1 N–H and O–H groups in total. The van der Waals surface area contributed by atoms with Crippen molar-refractivity contribution in [2.75, 3.05) is 36.5 Å². The van der Waals surface area contributed by atoms with Crippen LogP contribution in [0.3, 0.4) is 0 Å². The Hall–Kier alpha value is -2.70. The average molecular weight is 394 g/mol. The van der Waals surface area contributed by atoms with Gasteiger partial charge in [0.15, 0.2) is 5.76 Å². The molecule has 1 saturated heterocycles. The zero-order valence-electron chi connectivity index (χ0n) is 15.5. The highest BCUT2D eigenvalue weighted by atomic mass is 32.2. The Bertz CT molecular complexity index is 903. The Morgan fingerprint density at radius 1 is 1.00 bits per heavy atom. The molecule has 28 heavy (non-hydrogen) atoms. The highest BCUT2D eigenvalue weighted by Gasteiger charge is 2.16. The Labute approximate surface area is 168 Å². The molecule has 2 heterocycles. The van der Waals surface area contributed by atoms with Crippen molar-refractivity contribution in [3.63, 3.8) is 0 Å². The van der Waals surface area contributed by atoms with Gasteiger partial charge >= 0.3 is 0 Å². The molecule has 2 aromatic carbocycles. The van der Waals surface area contributed by atoms with E-state index in [1.165, 1.54) is 0 Å². The maximum absolute atomic E-state index is 12.7. The molecule has 0 saturated carbocycles. The highest BCUT2D eigenvalue weighted by Crippen LogP contribution is 2.26. The molecule has 1 amide bonds. The number of carbonyl (C=O) groups is 1. The van der Waals surface area contributed by atoms with Crippen molar-refractivity contribution in [2.24, 2.45) is 0 Å². The van der Waals surface area contributed by atoms with Gasteiger partial charge in [-0.05, 0) is 42.5 Å². The van der Waals surface area contributed by atoms with Crippen molar-refractivity contribution in [1.82, 2.24) is 0 Å². The monoisotopic (exact) mass is 394 g/mol. The molecule has 0 unspecified atom stereocenters. The van der Waals surface area contributed by atoms with Crippen LogP contribution in [0.4, 0.5) is 11.4 Å². The van der Waals surface area contributed by atoms with Gasteiger partial charge < -0.3 is 19.4 Å². The van der Waals surface area contributed by atoms with Crippen LogP contribution < -0.4 is 10.2 Å². The second kappa shape index (κ2) is 8.99. The van der Waals surface area contributed by atoms with Crippen molar-refractivity contribution in [2.45, 2.75) is 10.6 Å².